The van der Waals surface area contributed by atoms with E-state index in [1.54, 1.807) is 6.92 Å². The Hall–Kier alpha value is -2.75. The molecule has 0 saturated carbocycles. The van der Waals surface area contributed by atoms with E-state index in [4.69, 9.17) is 11.5 Å². The Morgan fingerprint density at radius 1 is 1.25 bits per heavy atom. The number of amides is 2. The van der Waals surface area contributed by atoms with Gasteiger partial charge in [-0.15, -0.1) is 0 Å². The van der Waals surface area contributed by atoms with E-state index in [-0.39, 0.29) is 17.4 Å². The van der Waals surface area contributed by atoms with Crippen LogP contribution < -0.4 is 22.1 Å². The van der Waals surface area contributed by atoms with Gasteiger partial charge in [-0.05, 0) is 30.4 Å². The molecule has 0 aromatic carbocycles. The van der Waals surface area contributed by atoms with Gasteiger partial charge in [-0.3, -0.25) is 9.59 Å². The first-order valence-electron chi connectivity index (χ1n) is 7.24. The normalized spacial score (nSPS) is 12.0. The van der Waals surface area contributed by atoms with Crippen molar-refractivity contribution in [3.05, 3.63) is 23.7 Å². The number of anilines is 3. The smallest absolute Gasteiger partial charge is 0.271 e. The van der Waals surface area contributed by atoms with Crippen molar-refractivity contribution in [2.75, 3.05) is 10.6 Å². The summed E-state index contributed by atoms with van der Waals surface area (Å²) in [7, 11) is 0. The minimum absolute atomic E-state index is 0.00762. The van der Waals surface area contributed by atoms with Crippen LogP contribution in [0.3, 0.4) is 0 Å². The molecular formula is C14H19N7O2S. The molecule has 10 heteroatoms. The van der Waals surface area contributed by atoms with Crippen LogP contribution in [0.4, 0.5) is 16.6 Å². The van der Waals surface area contributed by atoms with Gasteiger partial charge in [0.2, 0.25) is 5.91 Å². The van der Waals surface area contributed by atoms with E-state index in [0.29, 0.717) is 10.8 Å². The van der Waals surface area contributed by atoms with Gasteiger partial charge < -0.3 is 22.1 Å². The Kier molecular flexibility index (Phi) is 5.29. The second-order valence-electron chi connectivity index (χ2n) is 5.48. The number of carbonyl (C=O) groups excluding carboxylic acids is 2. The van der Waals surface area contributed by atoms with Crippen LogP contribution in [-0.4, -0.2) is 32.2 Å². The van der Waals surface area contributed by atoms with E-state index in [9.17, 15) is 9.59 Å². The fraction of sp³-hybridized carbons (Fsp3) is 0.357. The molecule has 0 radical (unpaired) electrons. The van der Waals surface area contributed by atoms with E-state index in [2.05, 4.69) is 25.0 Å². The number of primary amides is 2. The van der Waals surface area contributed by atoms with Gasteiger partial charge in [-0.2, -0.15) is 4.37 Å². The van der Waals surface area contributed by atoms with Crippen molar-refractivity contribution < 1.29 is 9.59 Å². The van der Waals surface area contributed by atoms with Crippen molar-refractivity contribution in [1.29, 1.82) is 0 Å². The van der Waals surface area contributed by atoms with Crippen LogP contribution in [0.15, 0.2) is 12.3 Å². The van der Waals surface area contributed by atoms with Gasteiger partial charge in [0.05, 0.1) is 11.9 Å². The third-order valence-electron chi connectivity index (χ3n) is 3.16. The molecule has 2 heterocycles. The van der Waals surface area contributed by atoms with Gasteiger partial charge in [0, 0.05) is 0 Å². The summed E-state index contributed by atoms with van der Waals surface area (Å²) in [6.07, 6.45) is 1.32. The van der Waals surface area contributed by atoms with Crippen LogP contribution in [0.1, 0.15) is 42.9 Å². The monoisotopic (exact) mass is 349 g/mol. The second-order valence-corrected chi connectivity index (χ2v) is 6.29. The lowest BCUT2D eigenvalue weighted by Gasteiger charge is -2.13. The van der Waals surface area contributed by atoms with E-state index in [0.717, 1.165) is 5.69 Å². The number of rotatable bonds is 7. The van der Waals surface area contributed by atoms with Crippen molar-refractivity contribution in [2.45, 2.75) is 32.7 Å². The molecule has 0 spiro atoms. The summed E-state index contributed by atoms with van der Waals surface area (Å²) in [5.74, 6) is -0.490. The summed E-state index contributed by atoms with van der Waals surface area (Å²) >= 11 is 1.24. The van der Waals surface area contributed by atoms with Crippen LogP contribution in [0.2, 0.25) is 0 Å². The Labute approximate surface area is 143 Å². The second kappa shape index (κ2) is 7.21. The zero-order chi connectivity index (χ0) is 17.9. The first kappa shape index (κ1) is 17.6. The lowest BCUT2D eigenvalue weighted by atomic mass is 10.1. The summed E-state index contributed by atoms with van der Waals surface area (Å²) in [5.41, 5.74) is 11.5. The van der Waals surface area contributed by atoms with Crippen molar-refractivity contribution in [3.63, 3.8) is 0 Å². The van der Waals surface area contributed by atoms with Crippen molar-refractivity contribution >= 4 is 40.0 Å². The van der Waals surface area contributed by atoms with E-state index in [1.807, 2.05) is 19.9 Å². The first-order chi connectivity index (χ1) is 11.3. The van der Waals surface area contributed by atoms with E-state index in [1.165, 1.54) is 17.7 Å². The highest BCUT2D eigenvalue weighted by Crippen LogP contribution is 2.26. The van der Waals surface area contributed by atoms with Gasteiger partial charge in [-0.1, -0.05) is 13.8 Å². The molecule has 9 nitrogen and oxygen atoms in total. The highest BCUT2D eigenvalue weighted by atomic mass is 32.1. The third-order valence-corrected chi connectivity index (χ3v) is 3.88. The number of nitrogens with zero attached hydrogens (tertiary/aromatic N) is 3. The van der Waals surface area contributed by atoms with Crippen LogP contribution in [-0.2, 0) is 4.79 Å². The molecule has 1 atom stereocenters. The molecular weight excluding hydrogens is 330 g/mol. The predicted octanol–water partition coefficient (Wildman–Crippen LogP) is 1.18. The van der Waals surface area contributed by atoms with Gasteiger partial charge in [-0.25, -0.2) is 9.97 Å². The summed E-state index contributed by atoms with van der Waals surface area (Å²) in [4.78, 5) is 30.9. The maximum Gasteiger partial charge on any atom is 0.271 e. The Bertz CT molecular complexity index is 759. The number of hydrogen-bond donors (Lipinski definition) is 4. The quantitative estimate of drug-likeness (QED) is 0.586. The minimum Gasteiger partial charge on any atom is -0.368 e. The molecule has 6 N–H and O–H groups in total. The number of nitrogens with two attached hydrogens (primary N) is 2. The zero-order valence-corrected chi connectivity index (χ0v) is 14.3. The number of carbonyl (C=O) groups is 2. The topological polar surface area (TPSA) is 149 Å². The third kappa shape index (κ3) is 4.16. The average molecular weight is 349 g/mol. The fourth-order valence-electron chi connectivity index (χ4n) is 1.76. The minimum atomic E-state index is -0.715. The molecule has 2 rings (SSSR count). The summed E-state index contributed by atoms with van der Waals surface area (Å²) in [5, 5.41) is 6.51. The summed E-state index contributed by atoms with van der Waals surface area (Å²) in [6.45, 7) is 5.66. The number of aromatic nitrogens is 3. The van der Waals surface area contributed by atoms with Crippen LogP contribution in [0.5, 0.6) is 0 Å². The largest absolute Gasteiger partial charge is 0.368 e. The maximum atomic E-state index is 11.5. The van der Waals surface area contributed by atoms with Crippen molar-refractivity contribution in [2.24, 2.45) is 11.5 Å². The van der Waals surface area contributed by atoms with E-state index < -0.39 is 17.9 Å². The number of nitrogens with one attached hydrogen (secondary N) is 2. The molecule has 2 aromatic rings. The van der Waals surface area contributed by atoms with Crippen LogP contribution >= 0.6 is 11.5 Å². The van der Waals surface area contributed by atoms with Gasteiger partial charge >= 0.3 is 0 Å². The molecule has 0 aliphatic carbocycles. The highest BCUT2D eigenvalue weighted by molar-refractivity contribution is 7.10. The molecule has 0 aliphatic rings. The van der Waals surface area contributed by atoms with Crippen molar-refractivity contribution in [3.8, 4) is 0 Å². The van der Waals surface area contributed by atoms with Gasteiger partial charge in [0.15, 0.2) is 11.5 Å². The molecule has 2 amide bonds. The van der Waals surface area contributed by atoms with Crippen LogP contribution in [0, 0.1) is 0 Å². The molecule has 2 aromatic heterocycles. The van der Waals surface area contributed by atoms with Gasteiger partial charge in [0.1, 0.15) is 16.9 Å². The Balaban J connectivity index is 2.30. The molecule has 0 bridgehead atoms. The SMILES string of the molecule is CC(C)c1cc(Nc2nc(N[C@H](C)C(N)=O)cnc2C(N)=O)sn1. The highest BCUT2D eigenvalue weighted by Gasteiger charge is 2.16. The molecule has 0 saturated heterocycles. The lowest BCUT2D eigenvalue weighted by molar-refractivity contribution is -0.118. The molecule has 0 fully saturated rings. The molecule has 128 valence electrons. The lowest BCUT2D eigenvalue weighted by Crippen LogP contribution is -2.33. The average Bonchev–Trinajstić information content (AvgIpc) is 2.95. The maximum absolute atomic E-state index is 11.5. The molecule has 24 heavy (non-hydrogen) atoms. The Morgan fingerprint density at radius 3 is 2.50 bits per heavy atom. The van der Waals surface area contributed by atoms with Gasteiger partial charge in [0.25, 0.3) is 5.91 Å². The number of hydrogen-bond acceptors (Lipinski definition) is 8. The van der Waals surface area contributed by atoms with E-state index >= 15 is 0 Å². The van der Waals surface area contributed by atoms with Crippen LogP contribution in [0.25, 0.3) is 0 Å². The van der Waals surface area contributed by atoms with Crippen molar-refractivity contribution in [1.82, 2.24) is 14.3 Å². The summed E-state index contributed by atoms with van der Waals surface area (Å²) < 4.78 is 4.32. The summed E-state index contributed by atoms with van der Waals surface area (Å²) in [6, 6.07) is 1.23. The predicted molar refractivity (Wildman–Crippen MR) is 92.3 cm³/mol. The fourth-order valence-corrected chi connectivity index (χ4v) is 2.54. The molecule has 0 aliphatic heterocycles. The first-order valence-corrected chi connectivity index (χ1v) is 8.01. The standard InChI is InChI=1S/C14H19N7O2S/c1-6(2)8-4-10(24-21-8)20-14-11(13(16)23)17-5-9(19-14)18-7(3)12(15)22/h4-7H,1-3H3,(H2,15,22)(H2,16,23)(H2,18,19,20)/t7-/m1/s1. The molecule has 0 unspecified atom stereocenters. The zero-order valence-electron chi connectivity index (χ0n) is 13.5. The Morgan fingerprint density at radius 2 is 1.96 bits per heavy atom.